The van der Waals surface area contributed by atoms with E-state index >= 15 is 0 Å². The maximum absolute atomic E-state index is 5.70. The van der Waals surface area contributed by atoms with Gasteiger partial charge in [-0.3, -0.25) is 0 Å². The molecule has 0 saturated carbocycles. The molecular weight excluding hydrogens is 771 g/mol. The van der Waals surface area contributed by atoms with Gasteiger partial charge < -0.3 is 0 Å². The van der Waals surface area contributed by atoms with Crippen molar-refractivity contribution < 1.29 is 0 Å². The zero-order valence-corrected chi connectivity index (χ0v) is 33.7. The van der Waals surface area contributed by atoms with Crippen molar-refractivity contribution in [1.82, 2.24) is 14.5 Å². The number of hydrogen-bond acceptors (Lipinski definition) is 3. The molecule has 3 aromatic heterocycles. The van der Waals surface area contributed by atoms with Gasteiger partial charge in [-0.2, -0.15) is 0 Å². The zero-order chi connectivity index (χ0) is 37.5. The van der Waals surface area contributed by atoms with Crippen LogP contribution in [0.4, 0.5) is 0 Å². The standard InChI is InChI=1S/C52H33GeN3S/c1-4-17-34(18-5-1)52-54-50(49-39-25-10-13-28-42(39)53(51(49)55-52,36-20-6-2-7-21-36)37-22-8-3-9-23-37)35-19-16-24-38(33-35)56-43-29-14-11-26-40(43)47-44(56)31-32-46-48(47)41-27-12-15-30-45(41)57-46/h1-33H. The fourth-order valence-electron chi connectivity index (χ4n) is 9.54. The Bertz CT molecular complexity index is 3310. The molecule has 0 N–H and O–H groups in total. The molecule has 11 aromatic rings. The molecule has 0 radical (unpaired) electrons. The monoisotopic (exact) mass is 805 g/mol. The van der Waals surface area contributed by atoms with Crippen LogP contribution in [0.1, 0.15) is 0 Å². The van der Waals surface area contributed by atoms with E-state index in [9.17, 15) is 0 Å². The number of aromatic nitrogens is 3. The first kappa shape index (κ1) is 32.6. The van der Waals surface area contributed by atoms with Gasteiger partial charge in [0.15, 0.2) is 0 Å². The van der Waals surface area contributed by atoms with Crippen molar-refractivity contribution in [1.29, 1.82) is 0 Å². The second-order valence-electron chi connectivity index (χ2n) is 14.8. The summed E-state index contributed by atoms with van der Waals surface area (Å²) in [7, 11) is 0. The number of fused-ring (bicyclic) bond motifs is 10. The Kier molecular flexibility index (Phi) is 7.28. The predicted octanol–water partition coefficient (Wildman–Crippen LogP) is 10.6. The molecule has 266 valence electrons. The molecule has 12 rings (SSSR count). The third kappa shape index (κ3) is 4.72. The molecule has 4 heterocycles. The average molecular weight is 805 g/mol. The third-order valence-corrected chi connectivity index (χ3v) is 22.9. The Morgan fingerprint density at radius 1 is 0.456 bits per heavy atom. The van der Waals surface area contributed by atoms with E-state index in [0.717, 1.165) is 33.9 Å². The van der Waals surface area contributed by atoms with Crippen molar-refractivity contribution in [2.45, 2.75) is 0 Å². The van der Waals surface area contributed by atoms with Gasteiger partial charge in [0.25, 0.3) is 0 Å². The summed E-state index contributed by atoms with van der Waals surface area (Å²) in [6, 6.07) is 73.2. The van der Waals surface area contributed by atoms with Crippen molar-refractivity contribution in [2.24, 2.45) is 0 Å². The van der Waals surface area contributed by atoms with Gasteiger partial charge in [0.05, 0.1) is 0 Å². The number of benzene rings is 8. The molecule has 8 aromatic carbocycles. The molecule has 0 bridgehead atoms. The van der Waals surface area contributed by atoms with Crippen molar-refractivity contribution in [3.05, 3.63) is 200 Å². The second-order valence-corrected chi connectivity index (χ2v) is 23.6. The van der Waals surface area contributed by atoms with Crippen LogP contribution in [-0.4, -0.2) is 27.8 Å². The van der Waals surface area contributed by atoms with Gasteiger partial charge in [0.1, 0.15) is 0 Å². The summed E-state index contributed by atoms with van der Waals surface area (Å²) >= 11 is -1.80. The molecule has 1 aliphatic heterocycles. The molecule has 0 spiro atoms. The van der Waals surface area contributed by atoms with Crippen molar-refractivity contribution >= 4 is 84.3 Å². The topological polar surface area (TPSA) is 30.7 Å². The van der Waals surface area contributed by atoms with Gasteiger partial charge in [-0.05, 0) is 6.07 Å². The van der Waals surface area contributed by atoms with Gasteiger partial charge in [0, 0.05) is 0 Å². The van der Waals surface area contributed by atoms with E-state index in [4.69, 9.17) is 9.97 Å². The molecular formula is C52H33GeN3S. The predicted molar refractivity (Wildman–Crippen MR) is 243 cm³/mol. The third-order valence-electron chi connectivity index (χ3n) is 11.9. The van der Waals surface area contributed by atoms with Crippen LogP contribution >= 0.6 is 11.3 Å². The van der Waals surface area contributed by atoms with E-state index in [1.165, 1.54) is 65.3 Å². The molecule has 57 heavy (non-hydrogen) atoms. The van der Waals surface area contributed by atoms with Gasteiger partial charge in [-0.25, -0.2) is 0 Å². The molecule has 0 atom stereocenters. The molecule has 5 heteroatoms. The van der Waals surface area contributed by atoms with E-state index in [1.807, 2.05) is 11.3 Å². The van der Waals surface area contributed by atoms with Crippen LogP contribution in [0, 0.1) is 0 Å². The molecule has 0 unspecified atom stereocenters. The van der Waals surface area contributed by atoms with Gasteiger partial charge in [-0.1, -0.05) is 12.1 Å². The quantitative estimate of drug-likeness (QED) is 0.162. The van der Waals surface area contributed by atoms with Gasteiger partial charge in [-0.15, -0.1) is 0 Å². The summed E-state index contributed by atoms with van der Waals surface area (Å²) in [4.78, 5) is 11.3. The number of rotatable bonds is 5. The van der Waals surface area contributed by atoms with Gasteiger partial charge in [0.2, 0.25) is 0 Å². The summed E-state index contributed by atoms with van der Waals surface area (Å²) < 4.78 is 10.4. The van der Waals surface area contributed by atoms with Crippen LogP contribution in [0.2, 0.25) is 0 Å². The fourth-order valence-corrected chi connectivity index (χ4v) is 21.1. The van der Waals surface area contributed by atoms with E-state index in [0.29, 0.717) is 0 Å². The number of para-hydroxylation sites is 1. The summed E-state index contributed by atoms with van der Waals surface area (Å²) in [5.41, 5.74) is 8.96. The molecule has 0 amide bonds. The van der Waals surface area contributed by atoms with E-state index in [2.05, 4.69) is 205 Å². The van der Waals surface area contributed by atoms with Crippen molar-refractivity contribution in [2.75, 3.05) is 0 Å². The Balaban J connectivity index is 1.17. The van der Waals surface area contributed by atoms with E-state index < -0.39 is 13.3 Å². The average Bonchev–Trinajstić information content (AvgIpc) is 3.93. The first-order chi connectivity index (χ1) is 28.3. The van der Waals surface area contributed by atoms with Crippen LogP contribution in [-0.2, 0) is 0 Å². The molecule has 0 saturated heterocycles. The Hall–Kier alpha value is -6.60. The molecule has 3 nitrogen and oxygen atoms in total. The Labute approximate surface area is 336 Å². The number of hydrogen-bond donors (Lipinski definition) is 0. The van der Waals surface area contributed by atoms with Crippen LogP contribution in [0.25, 0.3) is 81.4 Å². The first-order valence-electron chi connectivity index (χ1n) is 19.4. The van der Waals surface area contributed by atoms with E-state index in [1.54, 1.807) is 0 Å². The van der Waals surface area contributed by atoms with E-state index in [-0.39, 0.29) is 0 Å². The summed E-state index contributed by atoms with van der Waals surface area (Å²) in [5.74, 6) is 0.757. The zero-order valence-electron chi connectivity index (χ0n) is 30.8. The number of thiophene rings is 1. The first-order valence-corrected chi connectivity index (χ1v) is 24.4. The molecule has 0 fully saturated rings. The van der Waals surface area contributed by atoms with Gasteiger partial charge >= 0.3 is 320 Å². The Morgan fingerprint density at radius 3 is 1.89 bits per heavy atom. The molecule has 0 aliphatic carbocycles. The normalized spacial score (nSPS) is 13.1. The number of nitrogens with zero attached hydrogens (tertiary/aromatic N) is 3. The van der Waals surface area contributed by atoms with Crippen molar-refractivity contribution in [3.8, 4) is 39.5 Å². The van der Waals surface area contributed by atoms with Crippen LogP contribution < -0.4 is 17.7 Å². The summed E-state index contributed by atoms with van der Waals surface area (Å²) in [6.45, 7) is 0. The summed E-state index contributed by atoms with van der Waals surface area (Å²) in [5, 5.41) is 5.22. The van der Waals surface area contributed by atoms with Crippen LogP contribution in [0.15, 0.2) is 200 Å². The SMILES string of the molecule is c1ccc(-c2nc(-c3cccc(-n4c5ccccc5c5c6c(ccc54)sc4ccccc46)c3)c3[c](n2)[Ge]([c]2ccccc2)([c]2ccccc2)[c]2ccccc2-3)cc1. The van der Waals surface area contributed by atoms with Crippen LogP contribution in [0.5, 0.6) is 0 Å². The maximum atomic E-state index is 5.70. The van der Waals surface area contributed by atoms with Crippen LogP contribution in [0.3, 0.4) is 0 Å². The minimum absolute atomic E-state index is 0.757. The summed E-state index contributed by atoms with van der Waals surface area (Å²) in [6.07, 6.45) is 0. The fraction of sp³-hybridized carbons (Fsp3) is 0. The molecule has 1 aliphatic rings. The Morgan fingerprint density at radius 2 is 1.11 bits per heavy atom. The van der Waals surface area contributed by atoms with Crippen molar-refractivity contribution in [3.63, 3.8) is 0 Å². The minimum atomic E-state index is -3.67. The second kappa shape index (κ2) is 12.7.